The Kier molecular flexibility index (Phi) is 3.97. The Hall–Kier alpha value is -0.820. The summed E-state index contributed by atoms with van der Waals surface area (Å²) in [6.45, 7) is 6.35. The van der Waals surface area contributed by atoms with Gasteiger partial charge in [-0.1, -0.05) is 37.3 Å². The first-order valence-electron chi connectivity index (χ1n) is 4.94. The van der Waals surface area contributed by atoms with Crippen LogP contribution in [0, 0.1) is 0 Å². The van der Waals surface area contributed by atoms with Gasteiger partial charge < -0.3 is 4.74 Å². The first-order valence-corrected chi connectivity index (χ1v) is 4.94. The normalized spacial score (nSPS) is 15.3. The summed E-state index contributed by atoms with van der Waals surface area (Å²) >= 11 is 0. The van der Waals surface area contributed by atoms with Gasteiger partial charge in [-0.15, -0.1) is 0 Å². The second kappa shape index (κ2) is 5.03. The van der Waals surface area contributed by atoms with E-state index in [9.17, 15) is 0 Å². The molecule has 1 aromatic carbocycles. The molecule has 0 spiro atoms. The Morgan fingerprint density at radius 1 is 1.15 bits per heavy atom. The zero-order valence-electron chi connectivity index (χ0n) is 8.66. The lowest BCUT2D eigenvalue weighted by Crippen LogP contribution is -2.10. The van der Waals surface area contributed by atoms with Crippen molar-refractivity contribution < 1.29 is 4.74 Å². The fourth-order valence-electron chi connectivity index (χ4n) is 1.25. The highest BCUT2D eigenvalue weighted by Crippen LogP contribution is 2.18. The molecular weight excluding hydrogens is 160 g/mol. The fourth-order valence-corrected chi connectivity index (χ4v) is 1.25. The second-order valence-electron chi connectivity index (χ2n) is 3.41. The minimum Gasteiger partial charge on any atom is -0.371 e. The maximum Gasteiger partial charge on any atom is 0.0800 e. The van der Waals surface area contributed by atoms with E-state index in [1.165, 1.54) is 5.56 Å². The molecule has 72 valence electrons. The van der Waals surface area contributed by atoms with Crippen LogP contribution in [-0.2, 0) is 4.74 Å². The molecule has 1 nitrogen and oxygen atoms in total. The Morgan fingerprint density at radius 2 is 1.77 bits per heavy atom. The van der Waals surface area contributed by atoms with E-state index in [-0.39, 0.29) is 6.10 Å². The monoisotopic (exact) mass is 178 g/mol. The van der Waals surface area contributed by atoms with E-state index in [1.807, 2.05) is 18.2 Å². The molecule has 0 N–H and O–H groups in total. The predicted molar refractivity (Wildman–Crippen MR) is 55.7 cm³/mol. The Morgan fingerprint density at radius 3 is 2.31 bits per heavy atom. The fraction of sp³-hybridized carbons (Fsp3) is 0.500. The quantitative estimate of drug-likeness (QED) is 0.685. The lowest BCUT2D eigenvalue weighted by molar-refractivity contribution is 0.00548. The van der Waals surface area contributed by atoms with Crippen molar-refractivity contribution in [3.05, 3.63) is 35.9 Å². The van der Waals surface area contributed by atoms with Gasteiger partial charge in [-0.25, -0.2) is 0 Å². The molecule has 0 heterocycles. The van der Waals surface area contributed by atoms with Crippen molar-refractivity contribution in [2.45, 2.75) is 39.4 Å². The van der Waals surface area contributed by atoms with Crippen molar-refractivity contribution in [1.29, 1.82) is 0 Å². The molecule has 0 aromatic heterocycles. The van der Waals surface area contributed by atoms with Crippen molar-refractivity contribution in [1.82, 2.24) is 0 Å². The van der Waals surface area contributed by atoms with Gasteiger partial charge in [0, 0.05) is 0 Å². The first-order chi connectivity index (χ1) is 6.24. The van der Waals surface area contributed by atoms with E-state index in [0.29, 0.717) is 6.10 Å². The van der Waals surface area contributed by atoms with Crippen molar-refractivity contribution in [3.63, 3.8) is 0 Å². The van der Waals surface area contributed by atoms with E-state index < -0.39 is 0 Å². The summed E-state index contributed by atoms with van der Waals surface area (Å²) in [5.74, 6) is 0. The third kappa shape index (κ3) is 3.19. The molecule has 2 atom stereocenters. The van der Waals surface area contributed by atoms with E-state index in [0.717, 1.165) is 6.42 Å². The van der Waals surface area contributed by atoms with Crippen molar-refractivity contribution >= 4 is 0 Å². The highest BCUT2D eigenvalue weighted by molar-refractivity contribution is 5.16. The molecule has 0 aliphatic heterocycles. The SMILES string of the molecule is CC[C@H](C)OC(C)c1ccccc1. The Bertz CT molecular complexity index is 230. The van der Waals surface area contributed by atoms with Crippen molar-refractivity contribution in [2.24, 2.45) is 0 Å². The van der Waals surface area contributed by atoms with Gasteiger partial charge in [-0.2, -0.15) is 0 Å². The highest BCUT2D eigenvalue weighted by Gasteiger charge is 2.07. The maximum absolute atomic E-state index is 5.79. The van der Waals surface area contributed by atoms with Gasteiger partial charge in [0.2, 0.25) is 0 Å². The molecule has 0 aliphatic rings. The number of benzene rings is 1. The van der Waals surface area contributed by atoms with Crippen LogP contribution in [0.4, 0.5) is 0 Å². The average molecular weight is 178 g/mol. The molecule has 0 saturated carbocycles. The van der Waals surface area contributed by atoms with Crippen LogP contribution in [0.15, 0.2) is 30.3 Å². The number of hydrogen-bond donors (Lipinski definition) is 0. The van der Waals surface area contributed by atoms with Crippen molar-refractivity contribution in [2.75, 3.05) is 0 Å². The maximum atomic E-state index is 5.79. The molecular formula is C12H18O. The third-order valence-corrected chi connectivity index (χ3v) is 2.28. The zero-order chi connectivity index (χ0) is 9.68. The molecule has 13 heavy (non-hydrogen) atoms. The van der Waals surface area contributed by atoms with Crippen LogP contribution in [0.5, 0.6) is 0 Å². The van der Waals surface area contributed by atoms with Crippen LogP contribution in [-0.4, -0.2) is 6.10 Å². The number of ether oxygens (including phenoxy) is 1. The molecule has 1 heteroatoms. The zero-order valence-corrected chi connectivity index (χ0v) is 8.66. The highest BCUT2D eigenvalue weighted by atomic mass is 16.5. The average Bonchev–Trinajstić information content (AvgIpc) is 2.19. The molecule has 0 bridgehead atoms. The number of hydrogen-bond acceptors (Lipinski definition) is 1. The van der Waals surface area contributed by atoms with E-state index in [2.05, 4.69) is 32.9 Å². The third-order valence-electron chi connectivity index (χ3n) is 2.28. The molecule has 0 radical (unpaired) electrons. The standard InChI is InChI=1S/C12H18O/c1-4-10(2)13-11(3)12-8-6-5-7-9-12/h5-11H,4H2,1-3H3/t10-,11?/m0/s1. The molecule has 1 rings (SSSR count). The van der Waals surface area contributed by atoms with Gasteiger partial charge in [-0.05, 0) is 25.8 Å². The summed E-state index contributed by atoms with van der Waals surface area (Å²) in [5, 5.41) is 0. The van der Waals surface area contributed by atoms with Crippen molar-refractivity contribution in [3.8, 4) is 0 Å². The smallest absolute Gasteiger partial charge is 0.0800 e. The van der Waals surface area contributed by atoms with Gasteiger partial charge in [0.1, 0.15) is 0 Å². The van der Waals surface area contributed by atoms with Gasteiger partial charge in [0.25, 0.3) is 0 Å². The predicted octanol–water partition coefficient (Wildman–Crippen LogP) is 3.56. The van der Waals surface area contributed by atoms with Gasteiger partial charge >= 0.3 is 0 Å². The largest absolute Gasteiger partial charge is 0.371 e. The summed E-state index contributed by atoms with van der Waals surface area (Å²) in [5.41, 5.74) is 1.25. The van der Waals surface area contributed by atoms with Gasteiger partial charge in [0.05, 0.1) is 12.2 Å². The molecule has 0 saturated heterocycles. The minimum atomic E-state index is 0.205. The lowest BCUT2D eigenvalue weighted by atomic mass is 10.1. The van der Waals surface area contributed by atoms with Crippen LogP contribution in [0.1, 0.15) is 38.9 Å². The van der Waals surface area contributed by atoms with Crippen LogP contribution in [0.2, 0.25) is 0 Å². The second-order valence-corrected chi connectivity index (χ2v) is 3.41. The first kappa shape index (κ1) is 10.3. The molecule has 0 aliphatic carbocycles. The summed E-state index contributed by atoms with van der Waals surface area (Å²) < 4.78 is 5.79. The van der Waals surface area contributed by atoms with Gasteiger partial charge in [-0.3, -0.25) is 0 Å². The summed E-state index contributed by atoms with van der Waals surface area (Å²) in [7, 11) is 0. The van der Waals surface area contributed by atoms with E-state index >= 15 is 0 Å². The minimum absolute atomic E-state index is 0.205. The number of rotatable bonds is 4. The lowest BCUT2D eigenvalue weighted by Gasteiger charge is -2.18. The summed E-state index contributed by atoms with van der Waals surface area (Å²) in [6, 6.07) is 10.3. The Labute approximate surface area is 80.7 Å². The molecule has 0 amide bonds. The van der Waals surface area contributed by atoms with E-state index in [1.54, 1.807) is 0 Å². The Balaban J connectivity index is 2.53. The van der Waals surface area contributed by atoms with Crippen LogP contribution in [0.25, 0.3) is 0 Å². The van der Waals surface area contributed by atoms with Crippen LogP contribution >= 0.6 is 0 Å². The van der Waals surface area contributed by atoms with Crippen LogP contribution < -0.4 is 0 Å². The summed E-state index contributed by atoms with van der Waals surface area (Å²) in [4.78, 5) is 0. The molecule has 1 unspecified atom stereocenters. The molecule has 0 fully saturated rings. The summed E-state index contributed by atoms with van der Waals surface area (Å²) in [6.07, 6.45) is 1.61. The van der Waals surface area contributed by atoms with E-state index in [4.69, 9.17) is 4.74 Å². The molecule has 1 aromatic rings. The van der Waals surface area contributed by atoms with Crippen LogP contribution in [0.3, 0.4) is 0 Å². The van der Waals surface area contributed by atoms with Gasteiger partial charge in [0.15, 0.2) is 0 Å². The topological polar surface area (TPSA) is 9.23 Å².